The van der Waals surface area contributed by atoms with Gasteiger partial charge in [0.1, 0.15) is 4.90 Å². The van der Waals surface area contributed by atoms with Crippen LogP contribution in [0.4, 0.5) is 0 Å². The minimum Gasteiger partial charge on any atom is -0.352 e. The third-order valence-corrected chi connectivity index (χ3v) is 4.83. The molecule has 10 heteroatoms. The maximum atomic E-state index is 11.9. The summed E-state index contributed by atoms with van der Waals surface area (Å²) in [6.07, 6.45) is 5.03. The van der Waals surface area contributed by atoms with Gasteiger partial charge in [-0.25, -0.2) is 13.1 Å². The monoisotopic (exact) mass is 384 g/mol. The van der Waals surface area contributed by atoms with Gasteiger partial charge in [-0.05, 0) is 30.9 Å². The molecule has 1 heterocycles. The summed E-state index contributed by atoms with van der Waals surface area (Å²) in [5, 5.41) is 2.84. The molecule has 0 radical (unpaired) electrons. The zero-order valence-corrected chi connectivity index (χ0v) is 14.9. The molecular formula is C13H22Cl2N4O3S. The third kappa shape index (κ3) is 7.01. The molecule has 1 fully saturated rings. The minimum absolute atomic E-state index is 0. The molecule has 1 atom stereocenters. The number of nitrogens with two attached hydrogens (primary N) is 1. The van der Waals surface area contributed by atoms with Gasteiger partial charge in [0.05, 0.1) is 0 Å². The SMILES string of the molecule is Cl.Cl.NCC(NC(=O)CCNS(=O)(=O)c1cccnc1)C1CC1. The number of sulfonamides is 1. The van der Waals surface area contributed by atoms with E-state index in [1.807, 2.05) is 0 Å². The summed E-state index contributed by atoms with van der Waals surface area (Å²) in [5.41, 5.74) is 5.60. The second-order valence-corrected chi connectivity index (χ2v) is 6.85. The van der Waals surface area contributed by atoms with Crippen molar-refractivity contribution < 1.29 is 13.2 Å². The van der Waals surface area contributed by atoms with Crippen LogP contribution in [0.1, 0.15) is 19.3 Å². The van der Waals surface area contributed by atoms with Gasteiger partial charge in [0, 0.05) is 37.9 Å². The molecule has 0 saturated heterocycles. The lowest BCUT2D eigenvalue weighted by atomic mass is 10.2. The number of carbonyl (C=O) groups is 1. The number of rotatable bonds is 8. The maximum Gasteiger partial charge on any atom is 0.242 e. The van der Waals surface area contributed by atoms with Crippen LogP contribution in [-0.2, 0) is 14.8 Å². The molecule has 1 saturated carbocycles. The highest BCUT2D eigenvalue weighted by Gasteiger charge is 2.31. The molecule has 1 aromatic rings. The quantitative estimate of drug-likeness (QED) is 0.601. The van der Waals surface area contributed by atoms with E-state index in [4.69, 9.17) is 5.73 Å². The number of nitrogens with one attached hydrogen (secondary N) is 2. The number of pyridine rings is 1. The molecule has 1 amide bonds. The summed E-state index contributed by atoms with van der Waals surface area (Å²) in [6.45, 7) is 0.461. The van der Waals surface area contributed by atoms with Crippen molar-refractivity contribution in [3.63, 3.8) is 0 Å². The summed E-state index contributed by atoms with van der Waals surface area (Å²) in [5.74, 6) is 0.289. The number of halogens is 2. The largest absolute Gasteiger partial charge is 0.352 e. The van der Waals surface area contributed by atoms with Crippen molar-refractivity contribution in [2.75, 3.05) is 13.1 Å². The Morgan fingerprint density at radius 2 is 2.09 bits per heavy atom. The van der Waals surface area contributed by atoms with Gasteiger partial charge in [-0.3, -0.25) is 9.78 Å². The Balaban J connectivity index is 0.00000242. The third-order valence-electron chi connectivity index (χ3n) is 3.38. The van der Waals surface area contributed by atoms with Crippen LogP contribution in [0.2, 0.25) is 0 Å². The Hall–Kier alpha value is -0.930. The van der Waals surface area contributed by atoms with Gasteiger partial charge in [0.15, 0.2) is 0 Å². The van der Waals surface area contributed by atoms with E-state index in [0.29, 0.717) is 12.5 Å². The van der Waals surface area contributed by atoms with Crippen molar-refractivity contribution in [2.24, 2.45) is 11.7 Å². The van der Waals surface area contributed by atoms with Gasteiger partial charge in [0.2, 0.25) is 15.9 Å². The summed E-state index contributed by atoms with van der Waals surface area (Å²) in [6, 6.07) is 3.00. The molecule has 1 unspecified atom stereocenters. The Morgan fingerprint density at radius 3 is 2.61 bits per heavy atom. The predicted octanol–water partition coefficient (Wildman–Crippen LogP) is 0.447. The normalized spacial score (nSPS) is 15.0. The molecule has 2 rings (SSSR count). The Morgan fingerprint density at radius 1 is 1.39 bits per heavy atom. The first kappa shape index (κ1) is 22.1. The zero-order chi connectivity index (χ0) is 15.3. The molecule has 1 aromatic heterocycles. The highest BCUT2D eigenvalue weighted by Crippen LogP contribution is 2.32. The smallest absolute Gasteiger partial charge is 0.242 e. The van der Waals surface area contributed by atoms with E-state index in [1.165, 1.54) is 18.5 Å². The summed E-state index contributed by atoms with van der Waals surface area (Å²) in [4.78, 5) is 15.6. The van der Waals surface area contributed by atoms with E-state index >= 15 is 0 Å². The van der Waals surface area contributed by atoms with Crippen molar-refractivity contribution in [3.8, 4) is 0 Å². The van der Waals surface area contributed by atoms with Crippen LogP contribution >= 0.6 is 24.8 Å². The number of nitrogens with zero attached hydrogens (tertiary/aromatic N) is 1. The fourth-order valence-corrected chi connectivity index (χ4v) is 3.03. The van der Waals surface area contributed by atoms with E-state index in [0.717, 1.165) is 12.8 Å². The first-order valence-electron chi connectivity index (χ1n) is 6.92. The van der Waals surface area contributed by atoms with Crippen LogP contribution in [-0.4, -0.2) is 38.4 Å². The van der Waals surface area contributed by atoms with Gasteiger partial charge in [-0.15, -0.1) is 24.8 Å². The molecule has 1 aliphatic rings. The second kappa shape index (κ2) is 10.0. The molecular weight excluding hydrogens is 363 g/mol. The Kier molecular flexibility index (Phi) is 9.64. The number of hydrogen-bond acceptors (Lipinski definition) is 5. The Bertz CT molecular complexity index is 582. The van der Waals surface area contributed by atoms with Crippen LogP contribution in [0.3, 0.4) is 0 Å². The van der Waals surface area contributed by atoms with E-state index in [2.05, 4.69) is 15.0 Å². The van der Waals surface area contributed by atoms with E-state index < -0.39 is 10.0 Å². The number of carbonyl (C=O) groups excluding carboxylic acids is 1. The van der Waals surface area contributed by atoms with Gasteiger partial charge in [0.25, 0.3) is 0 Å². The van der Waals surface area contributed by atoms with E-state index in [-0.39, 0.29) is 54.6 Å². The molecule has 132 valence electrons. The van der Waals surface area contributed by atoms with Gasteiger partial charge in [-0.2, -0.15) is 0 Å². The van der Waals surface area contributed by atoms with Crippen LogP contribution in [0, 0.1) is 5.92 Å². The molecule has 23 heavy (non-hydrogen) atoms. The maximum absolute atomic E-state index is 11.9. The highest BCUT2D eigenvalue weighted by molar-refractivity contribution is 7.89. The molecule has 0 spiro atoms. The molecule has 0 aromatic carbocycles. The van der Waals surface area contributed by atoms with Crippen molar-refractivity contribution >= 4 is 40.7 Å². The Labute approximate surface area is 148 Å². The van der Waals surface area contributed by atoms with Crippen molar-refractivity contribution in [2.45, 2.75) is 30.2 Å². The van der Waals surface area contributed by atoms with Crippen molar-refractivity contribution in [1.82, 2.24) is 15.0 Å². The average molecular weight is 385 g/mol. The second-order valence-electron chi connectivity index (χ2n) is 5.08. The summed E-state index contributed by atoms with van der Waals surface area (Å²) in [7, 11) is -3.61. The van der Waals surface area contributed by atoms with Crippen LogP contribution in [0.25, 0.3) is 0 Å². The summed E-state index contributed by atoms with van der Waals surface area (Å²) < 4.78 is 26.2. The molecule has 1 aliphatic carbocycles. The van der Waals surface area contributed by atoms with E-state index in [9.17, 15) is 13.2 Å². The minimum atomic E-state index is -3.61. The lowest BCUT2D eigenvalue weighted by Crippen LogP contribution is -2.42. The fourth-order valence-electron chi connectivity index (χ4n) is 2.04. The van der Waals surface area contributed by atoms with Gasteiger partial charge in [-0.1, -0.05) is 0 Å². The average Bonchev–Trinajstić information content (AvgIpc) is 3.30. The number of amides is 1. The number of aromatic nitrogens is 1. The van der Waals surface area contributed by atoms with Crippen LogP contribution in [0.5, 0.6) is 0 Å². The van der Waals surface area contributed by atoms with Gasteiger partial charge >= 0.3 is 0 Å². The first-order valence-corrected chi connectivity index (χ1v) is 8.40. The number of hydrogen-bond donors (Lipinski definition) is 3. The van der Waals surface area contributed by atoms with Gasteiger partial charge < -0.3 is 11.1 Å². The lowest BCUT2D eigenvalue weighted by molar-refractivity contribution is -0.121. The summed E-state index contributed by atoms with van der Waals surface area (Å²) >= 11 is 0. The topological polar surface area (TPSA) is 114 Å². The molecule has 4 N–H and O–H groups in total. The molecule has 7 nitrogen and oxygen atoms in total. The van der Waals surface area contributed by atoms with Crippen molar-refractivity contribution in [3.05, 3.63) is 24.5 Å². The van der Waals surface area contributed by atoms with Crippen molar-refractivity contribution in [1.29, 1.82) is 0 Å². The van der Waals surface area contributed by atoms with Crippen LogP contribution in [0.15, 0.2) is 29.4 Å². The zero-order valence-electron chi connectivity index (χ0n) is 12.5. The van der Waals surface area contributed by atoms with Crippen LogP contribution < -0.4 is 15.8 Å². The standard InChI is InChI=1S/C13H20N4O3S.2ClH/c14-8-12(10-3-4-10)17-13(18)5-7-16-21(19,20)11-2-1-6-15-9-11;;/h1-2,6,9-10,12,16H,3-5,7-8,14H2,(H,17,18);2*1H. The molecule has 0 aliphatic heterocycles. The molecule has 0 bridgehead atoms. The predicted molar refractivity (Wildman–Crippen MR) is 92.2 cm³/mol. The first-order chi connectivity index (χ1) is 10.0. The fraction of sp³-hybridized carbons (Fsp3) is 0.538. The highest BCUT2D eigenvalue weighted by atomic mass is 35.5. The lowest BCUT2D eigenvalue weighted by Gasteiger charge is -2.16. The van der Waals surface area contributed by atoms with E-state index in [1.54, 1.807) is 6.07 Å².